The molecule has 0 aliphatic rings. The van der Waals surface area contributed by atoms with Crippen molar-refractivity contribution < 1.29 is 9.15 Å². The van der Waals surface area contributed by atoms with E-state index in [9.17, 15) is 4.79 Å². The lowest BCUT2D eigenvalue weighted by Gasteiger charge is -2.07. The van der Waals surface area contributed by atoms with E-state index in [0.29, 0.717) is 23.3 Å². The predicted octanol–water partition coefficient (Wildman–Crippen LogP) is 5.18. The Kier molecular flexibility index (Phi) is 4.05. The van der Waals surface area contributed by atoms with E-state index in [1.165, 1.54) is 0 Å². The Morgan fingerprint density at radius 3 is 2.24 bits per heavy atom. The van der Waals surface area contributed by atoms with Gasteiger partial charge >= 0.3 is 5.63 Å². The molecule has 0 saturated heterocycles. The van der Waals surface area contributed by atoms with Gasteiger partial charge in [0.05, 0.1) is 0 Å². The number of para-hydroxylation sites is 1. The van der Waals surface area contributed by atoms with Gasteiger partial charge in [-0.3, -0.25) is 0 Å². The minimum absolute atomic E-state index is 0.312. The smallest absolute Gasteiger partial charge is 0.339 e. The fraction of sp³-hybridized carbons (Fsp3) is 0.0455. The molecule has 3 aromatic carbocycles. The molecule has 4 aromatic rings. The average molecular weight is 328 g/mol. The zero-order valence-corrected chi connectivity index (χ0v) is 13.5. The van der Waals surface area contributed by atoms with Crippen molar-refractivity contribution in [2.75, 3.05) is 0 Å². The molecule has 4 rings (SSSR count). The van der Waals surface area contributed by atoms with E-state index >= 15 is 0 Å². The molecule has 0 aliphatic carbocycles. The molecule has 122 valence electrons. The van der Waals surface area contributed by atoms with Gasteiger partial charge in [0.1, 0.15) is 17.1 Å². The molecule has 0 fully saturated rings. The van der Waals surface area contributed by atoms with Crippen molar-refractivity contribution in [3.05, 3.63) is 106 Å². The number of hydrogen-bond acceptors (Lipinski definition) is 3. The molecule has 1 aromatic heterocycles. The molecule has 25 heavy (non-hydrogen) atoms. The lowest BCUT2D eigenvalue weighted by Crippen LogP contribution is -2.07. The maximum atomic E-state index is 12.3. The molecular formula is C22H16O3. The molecule has 0 bridgehead atoms. The first-order valence-electron chi connectivity index (χ1n) is 8.11. The van der Waals surface area contributed by atoms with E-state index in [0.717, 1.165) is 16.7 Å². The molecule has 0 radical (unpaired) electrons. The van der Waals surface area contributed by atoms with E-state index in [2.05, 4.69) is 0 Å². The Labute approximate surface area is 145 Å². The Morgan fingerprint density at radius 1 is 0.760 bits per heavy atom. The third-order valence-corrected chi connectivity index (χ3v) is 4.00. The minimum atomic E-state index is -0.312. The summed E-state index contributed by atoms with van der Waals surface area (Å²) in [6, 6.07) is 26.8. The van der Waals surface area contributed by atoms with Crippen LogP contribution in [0.3, 0.4) is 0 Å². The third kappa shape index (κ3) is 3.45. The van der Waals surface area contributed by atoms with Crippen LogP contribution in [0, 0.1) is 0 Å². The molecule has 0 saturated carbocycles. The zero-order chi connectivity index (χ0) is 17.1. The second kappa shape index (κ2) is 6.65. The van der Waals surface area contributed by atoms with Gasteiger partial charge in [-0.05, 0) is 35.9 Å². The standard InChI is InChI=1S/C22H16O3/c23-22-18(13-16-7-3-1-4-8-16)14-17-11-12-20(15-21(17)25-22)24-19-9-5-2-6-10-19/h1-12,14-15H,13H2. The van der Waals surface area contributed by atoms with Crippen molar-refractivity contribution in [1.29, 1.82) is 0 Å². The van der Waals surface area contributed by atoms with Crippen LogP contribution in [0.1, 0.15) is 11.1 Å². The largest absolute Gasteiger partial charge is 0.457 e. The highest BCUT2D eigenvalue weighted by molar-refractivity contribution is 5.78. The summed E-state index contributed by atoms with van der Waals surface area (Å²) in [7, 11) is 0. The van der Waals surface area contributed by atoms with Gasteiger partial charge in [0.25, 0.3) is 0 Å². The maximum Gasteiger partial charge on any atom is 0.339 e. The van der Waals surface area contributed by atoms with Crippen LogP contribution in [0.25, 0.3) is 11.0 Å². The average Bonchev–Trinajstić information content (AvgIpc) is 2.64. The SMILES string of the molecule is O=c1oc2cc(Oc3ccccc3)ccc2cc1Cc1ccccc1. The summed E-state index contributed by atoms with van der Waals surface area (Å²) >= 11 is 0. The van der Waals surface area contributed by atoms with Gasteiger partial charge in [-0.25, -0.2) is 4.79 Å². The van der Waals surface area contributed by atoms with Gasteiger partial charge in [-0.15, -0.1) is 0 Å². The third-order valence-electron chi connectivity index (χ3n) is 4.00. The second-order valence-corrected chi connectivity index (χ2v) is 5.84. The molecule has 0 unspecified atom stereocenters. The van der Waals surface area contributed by atoms with Crippen molar-refractivity contribution in [3.63, 3.8) is 0 Å². The lowest BCUT2D eigenvalue weighted by molar-refractivity contribution is 0.480. The monoisotopic (exact) mass is 328 g/mol. The van der Waals surface area contributed by atoms with Crippen LogP contribution in [-0.4, -0.2) is 0 Å². The van der Waals surface area contributed by atoms with E-state index in [1.807, 2.05) is 78.9 Å². The maximum absolute atomic E-state index is 12.3. The molecule has 0 amide bonds. The minimum Gasteiger partial charge on any atom is -0.457 e. The Bertz CT molecular complexity index is 1050. The fourth-order valence-corrected chi connectivity index (χ4v) is 2.76. The highest BCUT2D eigenvalue weighted by atomic mass is 16.5. The van der Waals surface area contributed by atoms with Gasteiger partial charge in [0, 0.05) is 23.4 Å². The second-order valence-electron chi connectivity index (χ2n) is 5.84. The van der Waals surface area contributed by atoms with Crippen molar-refractivity contribution in [3.8, 4) is 11.5 Å². The molecule has 0 spiro atoms. The summed E-state index contributed by atoms with van der Waals surface area (Å²) < 4.78 is 11.3. The lowest BCUT2D eigenvalue weighted by atomic mass is 10.1. The predicted molar refractivity (Wildman–Crippen MR) is 98.2 cm³/mol. The highest BCUT2D eigenvalue weighted by Crippen LogP contribution is 2.25. The summed E-state index contributed by atoms with van der Waals surface area (Å²) in [5.74, 6) is 1.38. The Morgan fingerprint density at radius 2 is 1.48 bits per heavy atom. The van der Waals surface area contributed by atoms with Gasteiger partial charge in [-0.2, -0.15) is 0 Å². The molecule has 1 heterocycles. The summed E-state index contributed by atoms with van der Waals surface area (Å²) in [4.78, 5) is 12.3. The normalized spacial score (nSPS) is 10.7. The van der Waals surface area contributed by atoms with Crippen molar-refractivity contribution in [1.82, 2.24) is 0 Å². The van der Waals surface area contributed by atoms with Crippen molar-refractivity contribution in [2.24, 2.45) is 0 Å². The number of benzene rings is 3. The number of fused-ring (bicyclic) bond motifs is 1. The van der Waals surface area contributed by atoms with E-state index in [4.69, 9.17) is 9.15 Å². The first-order chi connectivity index (χ1) is 12.3. The van der Waals surface area contributed by atoms with Gasteiger partial charge < -0.3 is 9.15 Å². The first kappa shape index (κ1) is 15.2. The summed E-state index contributed by atoms with van der Waals surface area (Å²) in [5.41, 5.74) is 1.94. The van der Waals surface area contributed by atoms with Crippen molar-refractivity contribution >= 4 is 11.0 Å². The highest BCUT2D eigenvalue weighted by Gasteiger charge is 2.08. The van der Waals surface area contributed by atoms with Gasteiger partial charge in [-0.1, -0.05) is 48.5 Å². The van der Waals surface area contributed by atoms with Crippen LogP contribution in [0.5, 0.6) is 11.5 Å². The van der Waals surface area contributed by atoms with Crippen LogP contribution in [0.4, 0.5) is 0 Å². The van der Waals surface area contributed by atoms with Gasteiger partial charge in [0.2, 0.25) is 0 Å². The first-order valence-corrected chi connectivity index (χ1v) is 8.11. The summed E-state index contributed by atoms with van der Waals surface area (Å²) in [6.07, 6.45) is 0.557. The van der Waals surface area contributed by atoms with E-state index in [1.54, 1.807) is 6.07 Å². The molecule has 3 heteroatoms. The topological polar surface area (TPSA) is 39.4 Å². The van der Waals surface area contributed by atoms with E-state index in [-0.39, 0.29) is 5.63 Å². The van der Waals surface area contributed by atoms with Crippen LogP contribution in [0.2, 0.25) is 0 Å². The number of ether oxygens (including phenoxy) is 1. The molecule has 0 aliphatic heterocycles. The van der Waals surface area contributed by atoms with E-state index < -0.39 is 0 Å². The van der Waals surface area contributed by atoms with Crippen LogP contribution in [0.15, 0.2) is 94.1 Å². The number of hydrogen-bond donors (Lipinski definition) is 0. The quantitative estimate of drug-likeness (QED) is 0.485. The van der Waals surface area contributed by atoms with Crippen LogP contribution < -0.4 is 10.4 Å². The molecule has 0 atom stereocenters. The molecular weight excluding hydrogens is 312 g/mol. The Hall–Kier alpha value is -3.33. The van der Waals surface area contributed by atoms with Crippen molar-refractivity contribution in [2.45, 2.75) is 6.42 Å². The van der Waals surface area contributed by atoms with Crippen LogP contribution in [-0.2, 0) is 6.42 Å². The Balaban J connectivity index is 1.66. The van der Waals surface area contributed by atoms with Gasteiger partial charge in [0.15, 0.2) is 0 Å². The number of rotatable bonds is 4. The molecule has 0 N–H and O–H groups in total. The molecule has 3 nitrogen and oxygen atoms in total. The van der Waals surface area contributed by atoms with Crippen LogP contribution >= 0.6 is 0 Å². The summed E-state index contributed by atoms with van der Waals surface area (Å²) in [5, 5.41) is 0.881. The zero-order valence-electron chi connectivity index (χ0n) is 13.5. The fourth-order valence-electron chi connectivity index (χ4n) is 2.76. The summed E-state index contributed by atoms with van der Waals surface area (Å²) in [6.45, 7) is 0.